The summed E-state index contributed by atoms with van der Waals surface area (Å²) in [5.41, 5.74) is 7.14. The molecular formula is C14H22N4O. The van der Waals surface area contributed by atoms with E-state index in [4.69, 9.17) is 10.9 Å². The first-order valence-electron chi connectivity index (χ1n) is 6.87. The fraction of sp³-hybridized carbons (Fsp3) is 0.571. The quantitative estimate of drug-likeness (QED) is 0.327. The van der Waals surface area contributed by atoms with E-state index in [1.165, 1.54) is 25.7 Å². The molecule has 1 aliphatic rings. The van der Waals surface area contributed by atoms with Gasteiger partial charge >= 0.3 is 0 Å². The highest BCUT2D eigenvalue weighted by atomic mass is 16.4. The maximum Gasteiger partial charge on any atom is 0.188 e. The van der Waals surface area contributed by atoms with Gasteiger partial charge in [0.05, 0.1) is 0 Å². The molecule has 0 radical (unpaired) electrons. The van der Waals surface area contributed by atoms with Gasteiger partial charge < -0.3 is 16.3 Å². The van der Waals surface area contributed by atoms with Crippen molar-refractivity contribution in [2.45, 2.75) is 45.2 Å². The number of rotatable bonds is 5. The predicted molar refractivity (Wildman–Crippen MR) is 75.0 cm³/mol. The molecule has 0 amide bonds. The highest BCUT2D eigenvalue weighted by Crippen LogP contribution is 2.27. The lowest BCUT2D eigenvalue weighted by atomic mass is 9.99. The van der Waals surface area contributed by atoms with Gasteiger partial charge in [0.2, 0.25) is 0 Å². The van der Waals surface area contributed by atoms with Crippen LogP contribution in [0.15, 0.2) is 23.5 Å². The molecule has 5 heteroatoms. The third kappa shape index (κ3) is 3.67. The van der Waals surface area contributed by atoms with Crippen molar-refractivity contribution in [3.8, 4) is 0 Å². The van der Waals surface area contributed by atoms with Crippen LogP contribution in [0.4, 0.5) is 0 Å². The second-order valence-electron chi connectivity index (χ2n) is 5.25. The van der Waals surface area contributed by atoms with Gasteiger partial charge in [0.25, 0.3) is 0 Å². The monoisotopic (exact) mass is 262 g/mol. The molecule has 1 aromatic rings. The normalized spacial score (nSPS) is 18.7. The molecule has 1 aromatic heterocycles. The molecule has 1 fully saturated rings. The summed E-state index contributed by atoms with van der Waals surface area (Å²) in [7, 11) is 0. The van der Waals surface area contributed by atoms with Gasteiger partial charge in [-0.2, -0.15) is 0 Å². The van der Waals surface area contributed by atoms with Crippen LogP contribution >= 0.6 is 0 Å². The summed E-state index contributed by atoms with van der Waals surface area (Å²) in [4.78, 5) is 4.07. The number of pyridine rings is 1. The molecule has 0 saturated heterocycles. The zero-order chi connectivity index (χ0) is 13.7. The summed E-state index contributed by atoms with van der Waals surface area (Å²) in [5, 5.41) is 15.2. The van der Waals surface area contributed by atoms with Crippen LogP contribution in [-0.2, 0) is 6.54 Å². The van der Waals surface area contributed by atoms with Crippen molar-refractivity contribution in [1.82, 2.24) is 10.3 Å². The molecular weight excluding hydrogens is 240 g/mol. The van der Waals surface area contributed by atoms with Crippen LogP contribution in [0.2, 0.25) is 0 Å². The van der Waals surface area contributed by atoms with E-state index in [0.717, 1.165) is 18.0 Å². The highest BCUT2D eigenvalue weighted by molar-refractivity contribution is 5.95. The first kappa shape index (κ1) is 13.8. The first-order chi connectivity index (χ1) is 9.20. The molecule has 19 heavy (non-hydrogen) atoms. The zero-order valence-corrected chi connectivity index (χ0v) is 11.3. The van der Waals surface area contributed by atoms with E-state index < -0.39 is 0 Å². The summed E-state index contributed by atoms with van der Waals surface area (Å²) in [6.45, 7) is 3.04. The van der Waals surface area contributed by atoms with Crippen LogP contribution in [0.3, 0.4) is 0 Å². The van der Waals surface area contributed by atoms with Crippen LogP contribution in [0.25, 0.3) is 0 Å². The molecule has 0 aromatic carbocycles. The standard InChI is InChI=1S/C14H22N4O/c1-10(12-4-2-3-5-12)17-9-11-6-7-16-13(8-11)14(15)18-19/h6-8,10,12,17,19H,2-5,9H2,1H3,(H2,15,18)/t10-/m1/s1. The minimum atomic E-state index is 0.0469. The van der Waals surface area contributed by atoms with Crippen molar-refractivity contribution in [1.29, 1.82) is 0 Å². The summed E-state index contributed by atoms with van der Waals surface area (Å²) in [6.07, 6.45) is 7.07. The van der Waals surface area contributed by atoms with E-state index in [0.29, 0.717) is 11.7 Å². The lowest BCUT2D eigenvalue weighted by molar-refractivity contribution is 0.318. The van der Waals surface area contributed by atoms with Crippen molar-refractivity contribution >= 4 is 5.84 Å². The van der Waals surface area contributed by atoms with Crippen LogP contribution < -0.4 is 11.1 Å². The first-order valence-corrected chi connectivity index (χ1v) is 6.87. The Morgan fingerprint density at radius 2 is 2.32 bits per heavy atom. The number of nitrogens with zero attached hydrogens (tertiary/aromatic N) is 2. The van der Waals surface area contributed by atoms with Crippen molar-refractivity contribution in [3.63, 3.8) is 0 Å². The van der Waals surface area contributed by atoms with E-state index >= 15 is 0 Å². The number of oxime groups is 1. The third-order valence-electron chi connectivity index (χ3n) is 3.93. The van der Waals surface area contributed by atoms with Gasteiger partial charge in [0, 0.05) is 18.8 Å². The van der Waals surface area contributed by atoms with Crippen molar-refractivity contribution in [2.75, 3.05) is 0 Å². The second-order valence-corrected chi connectivity index (χ2v) is 5.25. The van der Waals surface area contributed by atoms with Crippen molar-refractivity contribution in [2.24, 2.45) is 16.8 Å². The Balaban J connectivity index is 1.92. The van der Waals surface area contributed by atoms with Gasteiger partial charge in [0.15, 0.2) is 5.84 Å². The summed E-state index contributed by atoms with van der Waals surface area (Å²) >= 11 is 0. The minimum absolute atomic E-state index is 0.0469. The maximum absolute atomic E-state index is 8.65. The van der Waals surface area contributed by atoms with E-state index in [2.05, 4.69) is 22.4 Å². The number of aromatic nitrogens is 1. The number of hydrogen-bond donors (Lipinski definition) is 3. The zero-order valence-electron chi connectivity index (χ0n) is 11.3. The molecule has 5 nitrogen and oxygen atoms in total. The summed E-state index contributed by atoms with van der Waals surface area (Å²) in [6, 6.07) is 4.33. The Bertz CT molecular complexity index is 441. The largest absolute Gasteiger partial charge is 0.409 e. The lowest BCUT2D eigenvalue weighted by Crippen LogP contribution is -2.31. The summed E-state index contributed by atoms with van der Waals surface area (Å²) in [5.74, 6) is 0.844. The van der Waals surface area contributed by atoms with E-state index in [1.54, 1.807) is 6.20 Å². The smallest absolute Gasteiger partial charge is 0.188 e. The molecule has 0 unspecified atom stereocenters. The fourth-order valence-corrected chi connectivity index (χ4v) is 2.68. The molecule has 1 aliphatic carbocycles. The Labute approximate surface area is 113 Å². The number of nitrogens with one attached hydrogen (secondary N) is 1. The van der Waals surface area contributed by atoms with Gasteiger partial charge in [-0.1, -0.05) is 18.0 Å². The van der Waals surface area contributed by atoms with Gasteiger partial charge in [-0.15, -0.1) is 0 Å². The Morgan fingerprint density at radius 3 is 3.00 bits per heavy atom. The number of nitrogens with two attached hydrogens (primary N) is 1. The molecule has 1 heterocycles. The SMILES string of the molecule is C[C@@H](NCc1ccnc(/C(N)=N/O)c1)C1CCCC1. The Morgan fingerprint density at radius 1 is 1.58 bits per heavy atom. The second kappa shape index (κ2) is 6.52. The minimum Gasteiger partial charge on any atom is -0.409 e. The average Bonchev–Trinajstić information content (AvgIpc) is 2.98. The average molecular weight is 262 g/mol. The van der Waals surface area contributed by atoms with Gasteiger partial charge in [0.1, 0.15) is 5.69 Å². The Kier molecular flexibility index (Phi) is 4.74. The van der Waals surface area contributed by atoms with Crippen LogP contribution in [-0.4, -0.2) is 22.1 Å². The summed E-state index contributed by atoms with van der Waals surface area (Å²) < 4.78 is 0. The van der Waals surface area contributed by atoms with Crippen LogP contribution in [0, 0.1) is 5.92 Å². The van der Waals surface area contributed by atoms with Gasteiger partial charge in [-0.05, 0) is 43.4 Å². The molecule has 0 spiro atoms. The van der Waals surface area contributed by atoms with Crippen LogP contribution in [0.1, 0.15) is 43.9 Å². The number of hydrogen-bond acceptors (Lipinski definition) is 4. The van der Waals surface area contributed by atoms with Crippen molar-refractivity contribution in [3.05, 3.63) is 29.6 Å². The topological polar surface area (TPSA) is 83.5 Å². The van der Waals surface area contributed by atoms with Crippen molar-refractivity contribution < 1.29 is 5.21 Å². The Hall–Kier alpha value is -1.62. The number of amidine groups is 1. The molecule has 104 valence electrons. The molecule has 4 N–H and O–H groups in total. The van der Waals surface area contributed by atoms with E-state index in [9.17, 15) is 0 Å². The van der Waals surface area contributed by atoms with E-state index in [-0.39, 0.29) is 5.84 Å². The molecule has 2 rings (SSSR count). The van der Waals surface area contributed by atoms with Gasteiger partial charge in [-0.25, -0.2) is 0 Å². The van der Waals surface area contributed by atoms with E-state index in [1.807, 2.05) is 12.1 Å². The fourth-order valence-electron chi connectivity index (χ4n) is 2.68. The predicted octanol–water partition coefficient (Wildman–Crippen LogP) is 1.84. The molecule has 1 saturated carbocycles. The highest BCUT2D eigenvalue weighted by Gasteiger charge is 2.20. The third-order valence-corrected chi connectivity index (χ3v) is 3.93. The lowest BCUT2D eigenvalue weighted by Gasteiger charge is -2.20. The molecule has 0 bridgehead atoms. The van der Waals surface area contributed by atoms with Gasteiger partial charge in [-0.3, -0.25) is 4.98 Å². The molecule has 1 atom stereocenters. The molecule has 0 aliphatic heterocycles. The van der Waals surface area contributed by atoms with Crippen LogP contribution in [0.5, 0.6) is 0 Å². The maximum atomic E-state index is 8.65.